The number of nitrogens with zero attached hydrogens (tertiary/aromatic N) is 2. The minimum absolute atomic E-state index is 0.378. The van der Waals surface area contributed by atoms with Gasteiger partial charge in [-0.1, -0.05) is 30.3 Å². The quantitative estimate of drug-likeness (QED) is 0.675. The zero-order valence-electron chi connectivity index (χ0n) is 15.0. The molecule has 0 saturated heterocycles. The van der Waals surface area contributed by atoms with Crippen LogP contribution in [0.15, 0.2) is 60.9 Å². The highest BCUT2D eigenvalue weighted by molar-refractivity contribution is 5.66. The van der Waals surface area contributed by atoms with E-state index in [9.17, 15) is 5.11 Å². The summed E-state index contributed by atoms with van der Waals surface area (Å²) in [6, 6.07) is 17.4. The van der Waals surface area contributed by atoms with Crippen LogP contribution in [0.2, 0.25) is 0 Å². The summed E-state index contributed by atoms with van der Waals surface area (Å²) in [5, 5.41) is 13.5. The van der Waals surface area contributed by atoms with Crippen LogP contribution in [0, 0.1) is 6.92 Å². The molecule has 3 rings (SSSR count). The Morgan fingerprint density at radius 3 is 2.62 bits per heavy atom. The number of benzene rings is 2. The summed E-state index contributed by atoms with van der Waals surface area (Å²) < 4.78 is 5.54. The van der Waals surface area contributed by atoms with E-state index in [0.717, 1.165) is 28.1 Å². The molecule has 1 unspecified atom stereocenters. The number of aryl methyl sites for hydroxylation is 1. The van der Waals surface area contributed by atoms with Gasteiger partial charge in [0.1, 0.15) is 17.9 Å². The molecule has 0 bridgehead atoms. The largest absolute Gasteiger partial charge is 0.494 e. The van der Waals surface area contributed by atoms with Crippen LogP contribution in [0.5, 0.6) is 5.75 Å². The molecule has 1 atom stereocenters. The van der Waals surface area contributed by atoms with Gasteiger partial charge in [-0.3, -0.25) is 0 Å². The Kier molecular flexibility index (Phi) is 5.81. The molecule has 0 saturated carbocycles. The lowest BCUT2D eigenvalue weighted by molar-refractivity contribution is 0.191. The highest BCUT2D eigenvalue weighted by atomic mass is 16.5. The van der Waals surface area contributed by atoms with Gasteiger partial charge < -0.3 is 15.2 Å². The van der Waals surface area contributed by atoms with Crippen LogP contribution in [-0.4, -0.2) is 28.2 Å². The third-order valence-electron chi connectivity index (χ3n) is 4.11. The first kappa shape index (κ1) is 17.9. The van der Waals surface area contributed by atoms with Crippen LogP contribution in [0.1, 0.15) is 24.2 Å². The fourth-order valence-corrected chi connectivity index (χ4v) is 2.78. The van der Waals surface area contributed by atoms with Crippen LogP contribution in [0.25, 0.3) is 11.3 Å². The summed E-state index contributed by atoms with van der Waals surface area (Å²) in [6.45, 7) is 5.02. The summed E-state index contributed by atoms with van der Waals surface area (Å²) in [4.78, 5) is 8.63. The number of rotatable bonds is 7. The first-order valence-corrected chi connectivity index (χ1v) is 8.70. The summed E-state index contributed by atoms with van der Waals surface area (Å²) in [5.41, 5.74) is 3.82. The topological polar surface area (TPSA) is 67.3 Å². The molecule has 134 valence electrons. The molecule has 0 radical (unpaired) electrons. The molecule has 5 nitrogen and oxygen atoms in total. The molecule has 0 spiro atoms. The lowest BCUT2D eigenvalue weighted by Gasteiger charge is -2.13. The van der Waals surface area contributed by atoms with Gasteiger partial charge in [0.05, 0.1) is 18.4 Å². The predicted octanol–water partition coefficient (Wildman–Crippen LogP) is 4.00. The van der Waals surface area contributed by atoms with Crippen LogP contribution < -0.4 is 10.1 Å². The van der Waals surface area contributed by atoms with Crippen molar-refractivity contribution in [2.45, 2.75) is 20.0 Å². The lowest BCUT2D eigenvalue weighted by atomic mass is 10.1. The Morgan fingerprint density at radius 2 is 1.88 bits per heavy atom. The highest BCUT2D eigenvalue weighted by Gasteiger charge is 2.09. The van der Waals surface area contributed by atoms with Crippen molar-refractivity contribution in [3.63, 3.8) is 0 Å². The molecule has 0 aliphatic heterocycles. The molecule has 1 heterocycles. The van der Waals surface area contributed by atoms with Crippen LogP contribution >= 0.6 is 0 Å². The van der Waals surface area contributed by atoms with Crippen molar-refractivity contribution in [3.05, 3.63) is 72.1 Å². The fraction of sp³-hybridized carbons (Fsp3) is 0.238. The van der Waals surface area contributed by atoms with Crippen LogP contribution in [-0.2, 0) is 0 Å². The maximum atomic E-state index is 10.3. The summed E-state index contributed by atoms with van der Waals surface area (Å²) in [7, 11) is 0. The summed E-state index contributed by atoms with van der Waals surface area (Å²) >= 11 is 0. The van der Waals surface area contributed by atoms with E-state index in [4.69, 9.17) is 4.74 Å². The lowest BCUT2D eigenvalue weighted by Crippen LogP contribution is -2.13. The van der Waals surface area contributed by atoms with Gasteiger partial charge in [-0.2, -0.15) is 0 Å². The zero-order chi connectivity index (χ0) is 18.4. The third-order valence-corrected chi connectivity index (χ3v) is 4.11. The van der Waals surface area contributed by atoms with Crippen molar-refractivity contribution in [3.8, 4) is 17.0 Å². The fourth-order valence-electron chi connectivity index (χ4n) is 2.78. The van der Waals surface area contributed by atoms with E-state index in [-0.39, 0.29) is 0 Å². The second kappa shape index (κ2) is 8.45. The van der Waals surface area contributed by atoms with E-state index in [0.29, 0.717) is 19.0 Å². The van der Waals surface area contributed by atoms with E-state index in [1.165, 1.54) is 6.33 Å². The van der Waals surface area contributed by atoms with Crippen LogP contribution in [0.3, 0.4) is 0 Å². The molecule has 3 aromatic rings. The Bertz CT molecular complexity index is 853. The second-order valence-electron chi connectivity index (χ2n) is 6.01. The minimum Gasteiger partial charge on any atom is -0.494 e. The number of hydrogen-bond donors (Lipinski definition) is 2. The Balaban J connectivity index is 1.72. The maximum absolute atomic E-state index is 10.3. The van der Waals surface area contributed by atoms with E-state index >= 15 is 0 Å². The second-order valence-corrected chi connectivity index (χ2v) is 6.01. The SMILES string of the molecule is CCOc1ccc(-c2cc(NCC(O)c3ccccc3)ncn2)c(C)c1. The molecule has 5 heteroatoms. The molecule has 2 N–H and O–H groups in total. The number of nitrogens with one attached hydrogen (secondary N) is 1. The summed E-state index contributed by atoms with van der Waals surface area (Å²) in [5.74, 6) is 1.53. The first-order chi connectivity index (χ1) is 12.7. The maximum Gasteiger partial charge on any atom is 0.130 e. The van der Waals surface area contributed by atoms with Crippen molar-refractivity contribution in [1.29, 1.82) is 0 Å². The van der Waals surface area contributed by atoms with Crippen molar-refractivity contribution in [2.24, 2.45) is 0 Å². The number of aliphatic hydroxyl groups excluding tert-OH is 1. The number of anilines is 1. The van der Waals surface area contributed by atoms with Gasteiger partial charge in [-0.15, -0.1) is 0 Å². The average molecular weight is 349 g/mol. The van der Waals surface area contributed by atoms with E-state index in [2.05, 4.69) is 15.3 Å². The molecule has 2 aromatic carbocycles. The first-order valence-electron chi connectivity index (χ1n) is 8.70. The highest BCUT2D eigenvalue weighted by Crippen LogP contribution is 2.26. The number of aliphatic hydroxyl groups is 1. The molecule has 26 heavy (non-hydrogen) atoms. The average Bonchev–Trinajstić information content (AvgIpc) is 2.67. The number of aromatic nitrogens is 2. The van der Waals surface area contributed by atoms with E-state index in [1.807, 2.05) is 68.4 Å². The zero-order valence-corrected chi connectivity index (χ0v) is 15.0. The van der Waals surface area contributed by atoms with Gasteiger partial charge in [0.15, 0.2) is 0 Å². The molecule has 0 aliphatic carbocycles. The van der Waals surface area contributed by atoms with E-state index in [1.54, 1.807) is 0 Å². The molecular weight excluding hydrogens is 326 g/mol. The van der Waals surface area contributed by atoms with Crippen molar-refractivity contribution in [1.82, 2.24) is 9.97 Å². The smallest absolute Gasteiger partial charge is 0.130 e. The van der Waals surface area contributed by atoms with Crippen molar-refractivity contribution >= 4 is 5.82 Å². The van der Waals surface area contributed by atoms with Gasteiger partial charge in [-0.25, -0.2) is 9.97 Å². The molecule has 0 fully saturated rings. The minimum atomic E-state index is -0.596. The van der Waals surface area contributed by atoms with Crippen molar-refractivity contribution in [2.75, 3.05) is 18.5 Å². The molecule has 1 aromatic heterocycles. The normalized spacial score (nSPS) is 11.8. The third kappa shape index (κ3) is 4.37. The molecule has 0 amide bonds. The monoisotopic (exact) mass is 349 g/mol. The van der Waals surface area contributed by atoms with Gasteiger partial charge >= 0.3 is 0 Å². The van der Waals surface area contributed by atoms with E-state index < -0.39 is 6.10 Å². The summed E-state index contributed by atoms with van der Waals surface area (Å²) in [6.07, 6.45) is 0.935. The van der Waals surface area contributed by atoms with Gasteiger partial charge in [-0.05, 0) is 43.2 Å². The number of ether oxygens (including phenoxy) is 1. The Labute approximate surface area is 153 Å². The Morgan fingerprint density at radius 1 is 1.08 bits per heavy atom. The van der Waals surface area contributed by atoms with Gasteiger partial charge in [0.25, 0.3) is 0 Å². The Hall–Kier alpha value is -2.92. The van der Waals surface area contributed by atoms with Gasteiger partial charge in [0.2, 0.25) is 0 Å². The van der Waals surface area contributed by atoms with Gasteiger partial charge in [0, 0.05) is 18.2 Å². The van der Waals surface area contributed by atoms with Crippen molar-refractivity contribution < 1.29 is 9.84 Å². The molecule has 0 aliphatic rings. The van der Waals surface area contributed by atoms with Crippen LogP contribution in [0.4, 0.5) is 5.82 Å². The molecular formula is C21H23N3O2. The standard InChI is InChI=1S/C21H23N3O2/c1-3-26-17-9-10-18(15(2)11-17)19-12-21(24-14-23-19)22-13-20(25)16-7-5-4-6-8-16/h4-12,14,20,25H,3,13H2,1-2H3,(H,22,23,24). The number of hydrogen-bond acceptors (Lipinski definition) is 5. The predicted molar refractivity (Wildman–Crippen MR) is 103 cm³/mol.